The number of rotatable bonds is 7. The van der Waals surface area contributed by atoms with Gasteiger partial charge in [0.1, 0.15) is 0 Å². The van der Waals surface area contributed by atoms with Crippen LogP contribution in [-0.2, 0) is 6.42 Å². The van der Waals surface area contributed by atoms with Crippen LogP contribution in [-0.4, -0.2) is 13.1 Å². The Morgan fingerprint density at radius 1 is 1.18 bits per heavy atom. The molecule has 0 aliphatic rings. The molecule has 1 N–H and O–H groups in total. The van der Waals surface area contributed by atoms with E-state index < -0.39 is 0 Å². The van der Waals surface area contributed by atoms with Crippen molar-refractivity contribution in [3.63, 3.8) is 0 Å². The predicted molar refractivity (Wildman–Crippen MR) is 76.6 cm³/mol. The molecular formula is C16H27N. The first-order valence-corrected chi connectivity index (χ1v) is 6.94. The molecule has 0 aromatic heterocycles. The maximum atomic E-state index is 3.54. The molecule has 0 heterocycles. The minimum Gasteiger partial charge on any atom is -0.316 e. The zero-order chi connectivity index (χ0) is 12.7. The number of aryl methyl sites for hydroxylation is 2. The van der Waals surface area contributed by atoms with Crippen LogP contribution in [0.25, 0.3) is 0 Å². The number of hydrogen-bond donors (Lipinski definition) is 1. The smallest absolute Gasteiger partial charge is 0.00174 e. The molecule has 0 amide bonds. The van der Waals surface area contributed by atoms with Crippen molar-refractivity contribution in [1.29, 1.82) is 0 Å². The van der Waals surface area contributed by atoms with E-state index >= 15 is 0 Å². The van der Waals surface area contributed by atoms with Crippen LogP contribution in [0.1, 0.15) is 43.4 Å². The fourth-order valence-corrected chi connectivity index (χ4v) is 2.17. The fourth-order valence-electron chi connectivity index (χ4n) is 2.17. The van der Waals surface area contributed by atoms with Crippen molar-refractivity contribution in [3.05, 3.63) is 34.9 Å². The summed E-state index contributed by atoms with van der Waals surface area (Å²) < 4.78 is 0. The van der Waals surface area contributed by atoms with Crippen LogP contribution in [0.5, 0.6) is 0 Å². The Morgan fingerprint density at radius 2 is 1.94 bits per heavy atom. The summed E-state index contributed by atoms with van der Waals surface area (Å²) in [5.41, 5.74) is 4.33. The molecule has 0 aliphatic heterocycles. The first kappa shape index (κ1) is 14.2. The van der Waals surface area contributed by atoms with Gasteiger partial charge in [0.15, 0.2) is 0 Å². The predicted octanol–water partition coefficient (Wildman–Crippen LogP) is 3.87. The van der Waals surface area contributed by atoms with E-state index in [-0.39, 0.29) is 0 Å². The van der Waals surface area contributed by atoms with Crippen LogP contribution < -0.4 is 5.32 Å². The van der Waals surface area contributed by atoms with E-state index in [0.717, 1.165) is 19.0 Å². The maximum absolute atomic E-state index is 3.54. The van der Waals surface area contributed by atoms with Crippen molar-refractivity contribution in [3.8, 4) is 0 Å². The molecule has 1 unspecified atom stereocenters. The Bertz CT molecular complexity index is 330. The summed E-state index contributed by atoms with van der Waals surface area (Å²) >= 11 is 0. The highest BCUT2D eigenvalue weighted by molar-refractivity contribution is 5.30. The monoisotopic (exact) mass is 233 g/mol. The van der Waals surface area contributed by atoms with Crippen molar-refractivity contribution in [2.45, 2.75) is 47.0 Å². The van der Waals surface area contributed by atoms with Crippen LogP contribution in [0.4, 0.5) is 0 Å². The Kier molecular flexibility index (Phi) is 6.28. The third-order valence-corrected chi connectivity index (χ3v) is 3.45. The molecule has 1 aromatic rings. The van der Waals surface area contributed by atoms with Crippen LogP contribution >= 0.6 is 0 Å². The highest BCUT2D eigenvalue weighted by atomic mass is 14.8. The summed E-state index contributed by atoms with van der Waals surface area (Å²) in [6.45, 7) is 11.2. The average molecular weight is 233 g/mol. The third kappa shape index (κ3) is 4.91. The Morgan fingerprint density at radius 3 is 2.59 bits per heavy atom. The summed E-state index contributed by atoms with van der Waals surface area (Å²) in [6.07, 6.45) is 3.69. The Balaban J connectivity index is 2.57. The van der Waals surface area contributed by atoms with Gasteiger partial charge >= 0.3 is 0 Å². The SMILES string of the molecule is CCCNCC(CC)Cc1cc(C)ccc1C. The molecule has 96 valence electrons. The zero-order valence-corrected chi connectivity index (χ0v) is 11.8. The molecule has 0 aliphatic carbocycles. The van der Waals surface area contributed by atoms with Gasteiger partial charge in [0.2, 0.25) is 0 Å². The topological polar surface area (TPSA) is 12.0 Å². The summed E-state index contributed by atoms with van der Waals surface area (Å²) in [4.78, 5) is 0. The molecule has 0 spiro atoms. The van der Waals surface area contributed by atoms with E-state index in [4.69, 9.17) is 0 Å². The fraction of sp³-hybridized carbons (Fsp3) is 0.625. The lowest BCUT2D eigenvalue weighted by atomic mass is 9.93. The van der Waals surface area contributed by atoms with Crippen molar-refractivity contribution in [2.75, 3.05) is 13.1 Å². The average Bonchev–Trinajstić information content (AvgIpc) is 2.32. The second kappa shape index (κ2) is 7.50. The minimum atomic E-state index is 0.766. The zero-order valence-electron chi connectivity index (χ0n) is 11.8. The van der Waals surface area contributed by atoms with Gasteiger partial charge in [0.25, 0.3) is 0 Å². The molecule has 0 saturated heterocycles. The molecule has 0 fully saturated rings. The van der Waals surface area contributed by atoms with Gasteiger partial charge in [-0.2, -0.15) is 0 Å². The second-order valence-electron chi connectivity index (χ2n) is 5.11. The normalized spacial score (nSPS) is 12.7. The van der Waals surface area contributed by atoms with Gasteiger partial charge in [-0.25, -0.2) is 0 Å². The molecule has 1 rings (SSSR count). The lowest BCUT2D eigenvalue weighted by molar-refractivity contribution is 0.460. The molecule has 0 bridgehead atoms. The molecule has 0 saturated carbocycles. The first-order valence-electron chi connectivity index (χ1n) is 6.94. The van der Waals surface area contributed by atoms with Gasteiger partial charge in [-0.15, -0.1) is 0 Å². The van der Waals surface area contributed by atoms with Gasteiger partial charge < -0.3 is 5.32 Å². The molecule has 1 nitrogen and oxygen atoms in total. The van der Waals surface area contributed by atoms with Crippen molar-refractivity contribution < 1.29 is 0 Å². The Hall–Kier alpha value is -0.820. The van der Waals surface area contributed by atoms with Gasteiger partial charge in [-0.3, -0.25) is 0 Å². The van der Waals surface area contributed by atoms with Crippen LogP contribution in [0.15, 0.2) is 18.2 Å². The summed E-state index contributed by atoms with van der Waals surface area (Å²) in [5.74, 6) is 0.766. The van der Waals surface area contributed by atoms with Crippen molar-refractivity contribution in [1.82, 2.24) is 5.32 Å². The van der Waals surface area contributed by atoms with Gasteiger partial charge in [0, 0.05) is 0 Å². The number of nitrogens with one attached hydrogen (secondary N) is 1. The standard InChI is InChI=1S/C16H27N/c1-5-9-17-12-15(6-2)11-16-10-13(3)7-8-14(16)4/h7-8,10,15,17H,5-6,9,11-12H2,1-4H3. The lowest BCUT2D eigenvalue weighted by Crippen LogP contribution is -2.24. The van der Waals surface area contributed by atoms with E-state index in [1.54, 1.807) is 0 Å². The quantitative estimate of drug-likeness (QED) is 0.705. The largest absolute Gasteiger partial charge is 0.316 e. The molecule has 1 aromatic carbocycles. The highest BCUT2D eigenvalue weighted by Crippen LogP contribution is 2.17. The van der Waals surface area contributed by atoms with Crippen LogP contribution in [0.3, 0.4) is 0 Å². The van der Waals surface area contributed by atoms with Crippen molar-refractivity contribution in [2.24, 2.45) is 5.92 Å². The number of hydrogen-bond acceptors (Lipinski definition) is 1. The van der Waals surface area contributed by atoms with E-state index in [2.05, 4.69) is 51.2 Å². The molecule has 0 radical (unpaired) electrons. The molecule has 1 heteroatoms. The van der Waals surface area contributed by atoms with E-state index in [0.29, 0.717) is 0 Å². The van der Waals surface area contributed by atoms with E-state index in [1.807, 2.05) is 0 Å². The third-order valence-electron chi connectivity index (χ3n) is 3.45. The second-order valence-corrected chi connectivity index (χ2v) is 5.11. The van der Waals surface area contributed by atoms with Crippen LogP contribution in [0, 0.1) is 19.8 Å². The maximum Gasteiger partial charge on any atom is -0.00174 e. The van der Waals surface area contributed by atoms with E-state index in [1.165, 1.54) is 36.0 Å². The van der Waals surface area contributed by atoms with Crippen LogP contribution in [0.2, 0.25) is 0 Å². The van der Waals surface area contributed by atoms with Crippen molar-refractivity contribution >= 4 is 0 Å². The summed E-state index contributed by atoms with van der Waals surface area (Å²) in [7, 11) is 0. The molecular weight excluding hydrogens is 206 g/mol. The Labute approximate surface area is 107 Å². The van der Waals surface area contributed by atoms with Gasteiger partial charge in [0.05, 0.1) is 0 Å². The summed E-state index contributed by atoms with van der Waals surface area (Å²) in [6, 6.07) is 6.80. The lowest BCUT2D eigenvalue weighted by Gasteiger charge is -2.17. The van der Waals surface area contributed by atoms with Gasteiger partial charge in [-0.05, 0) is 56.8 Å². The molecule has 17 heavy (non-hydrogen) atoms. The highest BCUT2D eigenvalue weighted by Gasteiger charge is 2.08. The first-order chi connectivity index (χ1) is 8.17. The minimum absolute atomic E-state index is 0.766. The van der Waals surface area contributed by atoms with E-state index in [9.17, 15) is 0 Å². The van der Waals surface area contributed by atoms with Gasteiger partial charge in [-0.1, -0.05) is 44.0 Å². The number of benzene rings is 1. The summed E-state index contributed by atoms with van der Waals surface area (Å²) in [5, 5.41) is 3.54. The molecule has 1 atom stereocenters.